The van der Waals surface area contributed by atoms with Crippen LogP contribution < -0.4 is 0 Å². The lowest BCUT2D eigenvalue weighted by Gasteiger charge is -2.23. The van der Waals surface area contributed by atoms with Crippen molar-refractivity contribution in [1.29, 1.82) is 0 Å². The molecule has 0 radical (unpaired) electrons. The highest BCUT2D eigenvalue weighted by Crippen LogP contribution is 2.57. The quantitative estimate of drug-likeness (QED) is 0.779. The molecule has 2 aliphatic carbocycles. The molecule has 0 unspecified atom stereocenters. The summed E-state index contributed by atoms with van der Waals surface area (Å²) in [4.78, 5) is 11.6. The Hall–Kier alpha value is -1.06. The molecule has 4 heteroatoms. The summed E-state index contributed by atoms with van der Waals surface area (Å²) in [6, 6.07) is 0. The Morgan fingerprint density at radius 3 is 1.67 bits per heavy atom. The summed E-state index contributed by atoms with van der Waals surface area (Å²) < 4.78 is 0. The highest BCUT2D eigenvalue weighted by molar-refractivity contribution is 6.16. The van der Waals surface area contributed by atoms with Crippen molar-refractivity contribution in [3.05, 3.63) is 0 Å². The maximum absolute atomic E-state index is 5.78. The van der Waals surface area contributed by atoms with Gasteiger partial charge in [0, 0.05) is 11.8 Å². The van der Waals surface area contributed by atoms with Crippen LogP contribution in [0.4, 0.5) is 0 Å². The first kappa shape index (κ1) is 13.6. The van der Waals surface area contributed by atoms with Crippen LogP contribution >= 0.6 is 0 Å². The van der Waals surface area contributed by atoms with Crippen molar-refractivity contribution in [2.45, 2.75) is 65.6 Å². The number of rotatable bonds is 2. The summed E-state index contributed by atoms with van der Waals surface area (Å²) in [6.07, 6.45) is 5.29. The number of fused-ring (bicyclic) bond motifs is 4. The summed E-state index contributed by atoms with van der Waals surface area (Å²) in [5.74, 6) is 2.05. The van der Waals surface area contributed by atoms with E-state index >= 15 is 0 Å². The smallest absolute Gasteiger partial charge is 0.138 e. The third kappa shape index (κ3) is 1.68. The van der Waals surface area contributed by atoms with E-state index in [0.29, 0.717) is 23.7 Å². The van der Waals surface area contributed by atoms with Gasteiger partial charge in [-0.1, -0.05) is 38.0 Å². The van der Waals surface area contributed by atoms with Gasteiger partial charge in [0.25, 0.3) is 0 Å². The Balaban J connectivity index is 1.63. The third-order valence-corrected chi connectivity index (χ3v) is 6.10. The van der Waals surface area contributed by atoms with Crippen molar-refractivity contribution in [2.75, 3.05) is 0 Å². The van der Waals surface area contributed by atoms with E-state index in [4.69, 9.17) is 9.68 Å². The Morgan fingerprint density at radius 1 is 0.857 bits per heavy atom. The molecule has 116 valence electrons. The molecule has 0 N–H and O–H groups in total. The van der Waals surface area contributed by atoms with Crippen LogP contribution in [-0.2, 0) is 9.68 Å². The summed E-state index contributed by atoms with van der Waals surface area (Å²) in [5.41, 5.74) is 2.65. The van der Waals surface area contributed by atoms with Crippen molar-refractivity contribution < 1.29 is 9.68 Å². The molecule has 4 rings (SSSR count). The maximum Gasteiger partial charge on any atom is 0.138 e. The van der Waals surface area contributed by atoms with Crippen LogP contribution in [0.25, 0.3) is 0 Å². The second-order valence-corrected chi connectivity index (χ2v) is 7.95. The summed E-state index contributed by atoms with van der Waals surface area (Å²) in [7, 11) is 0. The van der Waals surface area contributed by atoms with Gasteiger partial charge in [-0.3, -0.25) is 0 Å². The molecule has 0 amide bonds. The minimum Gasteiger partial charge on any atom is -0.392 e. The fourth-order valence-corrected chi connectivity index (χ4v) is 5.06. The normalized spacial score (nSPS) is 39.3. The van der Waals surface area contributed by atoms with Gasteiger partial charge < -0.3 is 9.68 Å². The Kier molecular flexibility index (Phi) is 2.89. The lowest BCUT2D eigenvalue weighted by molar-refractivity contribution is 0.0244. The van der Waals surface area contributed by atoms with Crippen LogP contribution in [0.3, 0.4) is 0 Å². The second-order valence-electron chi connectivity index (χ2n) is 7.95. The van der Waals surface area contributed by atoms with Crippen molar-refractivity contribution in [1.82, 2.24) is 0 Å². The molecule has 4 atom stereocenters. The van der Waals surface area contributed by atoms with Gasteiger partial charge in [0.05, 0.1) is 16.8 Å². The van der Waals surface area contributed by atoms with E-state index in [1.807, 2.05) is 0 Å². The zero-order valence-electron chi connectivity index (χ0n) is 13.5. The average molecular weight is 290 g/mol. The minimum absolute atomic E-state index is 0.0720. The monoisotopic (exact) mass is 290 g/mol. The van der Waals surface area contributed by atoms with E-state index in [1.165, 1.54) is 37.1 Å². The van der Waals surface area contributed by atoms with Gasteiger partial charge in [0.2, 0.25) is 0 Å². The number of nitrogens with zero attached hydrogens (tertiary/aromatic N) is 2. The standard InChI is InChI=1S/C17H26N2O2/c1-9(2)13-11-5-7-17(15(11)18-20-13)8-6-12-14(10(3)4)21-19-16(12)17/h9-14H,5-8H2,1-4H3/t11-,12-,13-,14-,17?/m1/s1. The average Bonchev–Trinajstić information content (AvgIpc) is 3.14. The largest absolute Gasteiger partial charge is 0.392 e. The summed E-state index contributed by atoms with van der Waals surface area (Å²) in [5, 5.41) is 9.09. The molecule has 0 aromatic heterocycles. The minimum atomic E-state index is 0.0720. The van der Waals surface area contributed by atoms with Gasteiger partial charge >= 0.3 is 0 Å². The maximum atomic E-state index is 5.78. The van der Waals surface area contributed by atoms with Gasteiger partial charge in [-0.15, -0.1) is 0 Å². The van der Waals surface area contributed by atoms with Crippen LogP contribution in [0.1, 0.15) is 53.4 Å². The van der Waals surface area contributed by atoms with Gasteiger partial charge in [-0.2, -0.15) is 0 Å². The molecule has 2 aliphatic heterocycles. The molecule has 0 bridgehead atoms. The zero-order chi connectivity index (χ0) is 14.8. The Morgan fingerprint density at radius 2 is 1.29 bits per heavy atom. The highest BCUT2D eigenvalue weighted by atomic mass is 16.6. The molecular weight excluding hydrogens is 264 g/mol. The van der Waals surface area contributed by atoms with E-state index in [9.17, 15) is 0 Å². The number of hydrogen-bond acceptors (Lipinski definition) is 4. The molecule has 2 fully saturated rings. The fraction of sp³-hybridized carbons (Fsp3) is 0.882. The predicted octanol–water partition coefficient (Wildman–Crippen LogP) is 3.61. The van der Waals surface area contributed by atoms with Crippen LogP contribution in [0.15, 0.2) is 10.3 Å². The Labute approximate surface area is 126 Å². The van der Waals surface area contributed by atoms with E-state index in [2.05, 4.69) is 38.0 Å². The van der Waals surface area contributed by atoms with Gasteiger partial charge in [0.1, 0.15) is 12.2 Å². The third-order valence-electron chi connectivity index (χ3n) is 6.10. The number of oxime groups is 2. The molecule has 0 aromatic rings. The van der Waals surface area contributed by atoms with Crippen LogP contribution in [-0.4, -0.2) is 23.6 Å². The molecule has 4 aliphatic rings. The van der Waals surface area contributed by atoms with Crippen LogP contribution in [0, 0.1) is 29.1 Å². The van der Waals surface area contributed by atoms with Crippen molar-refractivity contribution >= 4 is 11.4 Å². The van der Waals surface area contributed by atoms with Gasteiger partial charge in [-0.05, 0) is 37.5 Å². The summed E-state index contributed by atoms with van der Waals surface area (Å²) in [6.45, 7) is 8.93. The van der Waals surface area contributed by atoms with Gasteiger partial charge in [0.15, 0.2) is 0 Å². The molecule has 2 saturated carbocycles. The molecule has 0 aromatic carbocycles. The summed E-state index contributed by atoms with van der Waals surface area (Å²) >= 11 is 0. The van der Waals surface area contributed by atoms with Crippen molar-refractivity contribution in [2.24, 2.45) is 39.4 Å². The number of hydrogen-bond donors (Lipinski definition) is 0. The van der Waals surface area contributed by atoms with E-state index < -0.39 is 0 Å². The van der Waals surface area contributed by atoms with E-state index in [-0.39, 0.29) is 17.6 Å². The van der Waals surface area contributed by atoms with E-state index in [1.54, 1.807) is 0 Å². The first-order valence-corrected chi connectivity index (χ1v) is 8.53. The topological polar surface area (TPSA) is 43.2 Å². The van der Waals surface area contributed by atoms with Crippen molar-refractivity contribution in [3.8, 4) is 0 Å². The zero-order valence-corrected chi connectivity index (χ0v) is 13.5. The van der Waals surface area contributed by atoms with Crippen LogP contribution in [0.2, 0.25) is 0 Å². The molecule has 1 spiro atoms. The van der Waals surface area contributed by atoms with Crippen LogP contribution in [0.5, 0.6) is 0 Å². The second kappa shape index (κ2) is 4.47. The molecule has 2 heterocycles. The van der Waals surface area contributed by atoms with E-state index in [0.717, 1.165) is 0 Å². The molecular formula is C17H26N2O2. The molecule has 21 heavy (non-hydrogen) atoms. The fourth-order valence-electron chi connectivity index (χ4n) is 5.06. The van der Waals surface area contributed by atoms with Crippen molar-refractivity contribution in [3.63, 3.8) is 0 Å². The lowest BCUT2D eigenvalue weighted by atomic mass is 9.77. The molecule has 0 saturated heterocycles. The SMILES string of the molecule is CC(C)[C@H]1ON=C2[C@@H]1CCC21CC[C@H]2C1=NO[C@@H]2C(C)C. The highest BCUT2D eigenvalue weighted by Gasteiger charge is 2.62. The predicted molar refractivity (Wildman–Crippen MR) is 82.2 cm³/mol. The Bertz CT molecular complexity index is 463. The first-order chi connectivity index (χ1) is 10.0. The van der Waals surface area contributed by atoms with Gasteiger partial charge in [-0.25, -0.2) is 0 Å². The lowest BCUT2D eigenvalue weighted by Crippen LogP contribution is -2.36. The molecule has 4 nitrogen and oxygen atoms in total. The first-order valence-electron chi connectivity index (χ1n) is 8.53.